The summed E-state index contributed by atoms with van der Waals surface area (Å²) < 4.78 is 46.0. The van der Waals surface area contributed by atoms with Crippen LogP contribution in [0.2, 0.25) is 0 Å². The van der Waals surface area contributed by atoms with Gasteiger partial charge in [0.25, 0.3) is 5.91 Å². The molecule has 3 rings (SSSR count). The van der Waals surface area contributed by atoms with Gasteiger partial charge >= 0.3 is 6.36 Å². The average molecular weight is 458 g/mol. The molecule has 2 aromatic carbocycles. The van der Waals surface area contributed by atoms with Crippen molar-refractivity contribution in [3.8, 4) is 11.5 Å². The van der Waals surface area contributed by atoms with E-state index >= 15 is 0 Å². The number of likely N-dealkylation sites (tertiary alicyclic amines) is 1. The maximum Gasteiger partial charge on any atom is 0.573 e. The Balaban J connectivity index is 0.00000166. The zero-order chi connectivity index (χ0) is 22.9. The van der Waals surface area contributed by atoms with Crippen molar-refractivity contribution < 1.29 is 32.5 Å². The Hall–Kier alpha value is -2.39. The number of hydrogen-bond acceptors (Lipinski definition) is 5. The van der Waals surface area contributed by atoms with Crippen molar-refractivity contribution in [3.05, 3.63) is 54.1 Å². The van der Waals surface area contributed by atoms with Crippen LogP contribution >= 0.6 is 11.8 Å². The quantitative estimate of drug-likeness (QED) is 0.643. The van der Waals surface area contributed by atoms with Gasteiger partial charge in [-0.2, -0.15) is 0 Å². The van der Waals surface area contributed by atoms with Gasteiger partial charge in [-0.25, -0.2) is 0 Å². The first-order valence-electron chi connectivity index (χ1n) is 9.95. The minimum absolute atomic E-state index is 0.0515. The fraction of sp³-hybridized carbons (Fsp3) is 0.409. The van der Waals surface area contributed by atoms with E-state index in [1.54, 1.807) is 41.3 Å². The number of ether oxygens (including phenoxy) is 2. The van der Waals surface area contributed by atoms with Crippen molar-refractivity contribution in [2.24, 2.45) is 0 Å². The normalized spacial score (nSPS) is 15.8. The lowest BCUT2D eigenvalue weighted by Gasteiger charge is -2.17. The monoisotopic (exact) mass is 457 g/mol. The maximum absolute atomic E-state index is 12.3. The Morgan fingerprint density at radius 1 is 1.10 bits per heavy atom. The number of amides is 1. The predicted octanol–water partition coefficient (Wildman–Crippen LogP) is 4.88. The van der Waals surface area contributed by atoms with Gasteiger partial charge in [0.15, 0.2) is 6.61 Å². The zero-order valence-corrected chi connectivity index (χ0v) is 18.2. The molecule has 1 atom stereocenters. The molecule has 170 valence electrons. The second-order valence-electron chi connectivity index (χ2n) is 6.48. The minimum Gasteiger partial charge on any atom is -0.484 e. The van der Waals surface area contributed by atoms with Crippen molar-refractivity contribution in [1.82, 2.24) is 4.90 Å². The molecule has 1 aliphatic heterocycles. The fourth-order valence-electron chi connectivity index (χ4n) is 2.89. The van der Waals surface area contributed by atoms with Crippen LogP contribution in [0.25, 0.3) is 0 Å². The van der Waals surface area contributed by atoms with Crippen LogP contribution in [0.4, 0.5) is 13.2 Å². The van der Waals surface area contributed by atoms with E-state index in [0.717, 1.165) is 16.9 Å². The van der Waals surface area contributed by atoms with Gasteiger partial charge in [0.2, 0.25) is 0 Å². The molecular formula is C22H26F3NO4S. The zero-order valence-electron chi connectivity index (χ0n) is 17.4. The minimum atomic E-state index is -4.70. The molecule has 1 unspecified atom stereocenters. The second kappa shape index (κ2) is 11.9. The van der Waals surface area contributed by atoms with Crippen LogP contribution in [0, 0.1) is 0 Å². The summed E-state index contributed by atoms with van der Waals surface area (Å²) >= 11 is 1.52. The smallest absolute Gasteiger partial charge is 0.484 e. The summed E-state index contributed by atoms with van der Waals surface area (Å²) in [6.07, 6.45) is -3.91. The van der Waals surface area contributed by atoms with Gasteiger partial charge in [-0.1, -0.05) is 26.0 Å². The molecule has 5 nitrogen and oxygen atoms in total. The number of carbonyl (C=O) groups excluding carboxylic acids is 1. The van der Waals surface area contributed by atoms with Crippen molar-refractivity contribution in [1.29, 1.82) is 0 Å². The summed E-state index contributed by atoms with van der Waals surface area (Å²) in [5.41, 5.74) is 0.765. The molecule has 0 saturated carbocycles. The SMILES string of the molecule is CC.O=C(COc1ccc(CO)cc1)N1CCC(Sc2ccc(OC(F)(F)F)cc2)C1. The molecule has 9 heteroatoms. The van der Waals surface area contributed by atoms with E-state index < -0.39 is 6.36 Å². The first-order chi connectivity index (χ1) is 14.8. The van der Waals surface area contributed by atoms with Crippen molar-refractivity contribution in [2.75, 3.05) is 19.7 Å². The Bertz CT molecular complexity index is 813. The molecule has 1 amide bonds. The molecule has 1 N–H and O–H groups in total. The van der Waals surface area contributed by atoms with E-state index in [1.165, 1.54) is 23.9 Å². The van der Waals surface area contributed by atoms with Crippen LogP contribution in [-0.4, -0.2) is 47.2 Å². The summed E-state index contributed by atoms with van der Waals surface area (Å²) in [6, 6.07) is 12.6. The number of alkyl halides is 3. The molecule has 31 heavy (non-hydrogen) atoms. The third kappa shape index (κ3) is 8.34. The lowest BCUT2D eigenvalue weighted by Crippen LogP contribution is -2.33. The number of aliphatic hydroxyl groups is 1. The standard InChI is InChI=1S/C20H20F3NO4S.C2H6/c21-20(22,23)28-16-5-7-17(8-6-16)29-18-9-10-24(11-18)19(26)13-27-15-3-1-14(12-25)2-4-15;1-2/h1-8,18,25H,9-13H2;1-2H3. The Morgan fingerprint density at radius 2 is 1.71 bits per heavy atom. The van der Waals surface area contributed by atoms with Crippen molar-refractivity contribution in [2.45, 2.75) is 43.4 Å². The summed E-state index contributed by atoms with van der Waals surface area (Å²) in [4.78, 5) is 14.9. The van der Waals surface area contributed by atoms with Crippen LogP contribution in [0.3, 0.4) is 0 Å². The molecule has 0 bridgehead atoms. The van der Waals surface area contributed by atoms with E-state index in [4.69, 9.17) is 9.84 Å². The number of thioether (sulfide) groups is 1. The van der Waals surface area contributed by atoms with Gasteiger partial charge in [0.1, 0.15) is 11.5 Å². The summed E-state index contributed by atoms with van der Waals surface area (Å²) in [6.45, 7) is 5.04. The van der Waals surface area contributed by atoms with E-state index in [2.05, 4.69) is 4.74 Å². The van der Waals surface area contributed by atoms with E-state index in [9.17, 15) is 18.0 Å². The molecule has 0 radical (unpaired) electrons. The molecule has 0 aromatic heterocycles. The van der Waals surface area contributed by atoms with Gasteiger partial charge in [-0.3, -0.25) is 4.79 Å². The first-order valence-corrected chi connectivity index (χ1v) is 10.8. The number of benzene rings is 2. The van der Waals surface area contributed by atoms with Gasteiger partial charge in [0.05, 0.1) is 6.61 Å². The summed E-state index contributed by atoms with van der Waals surface area (Å²) in [7, 11) is 0. The highest BCUT2D eigenvalue weighted by atomic mass is 32.2. The molecule has 2 aromatic rings. The van der Waals surface area contributed by atoms with Gasteiger partial charge in [0, 0.05) is 23.2 Å². The van der Waals surface area contributed by atoms with Crippen LogP contribution in [0.5, 0.6) is 11.5 Å². The second-order valence-corrected chi connectivity index (χ2v) is 7.85. The fourth-order valence-corrected chi connectivity index (χ4v) is 4.05. The third-order valence-corrected chi connectivity index (χ3v) is 5.59. The lowest BCUT2D eigenvalue weighted by atomic mass is 10.2. The number of halogens is 3. The third-order valence-electron chi connectivity index (χ3n) is 4.33. The van der Waals surface area contributed by atoms with Gasteiger partial charge < -0.3 is 19.5 Å². The summed E-state index contributed by atoms with van der Waals surface area (Å²) in [5, 5.41) is 9.19. The van der Waals surface area contributed by atoms with Crippen LogP contribution in [-0.2, 0) is 11.4 Å². The van der Waals surface area contributed by atoms with E-state index in [-0.39, 0.29) is 30.1 Å². The lowest BCUT2D eigenvalue weighted by molar-refractivity contribution is -0.274. The molecular weight excluding hydrogens is 431 g/mol. The predicted molar refractivity (Wildman–Crippen MR) is 113 cm³/mol. The number of hydrogen-bond donors (Lipinski definition) is 1. The maximum atomic E-state index is 12.3. The van der Waals surface area contributed by atoms with Gasteiger partial charge in [-0.15, -0.1) is 24.9 Å². The van der Waals surface area contributed by atoms with Crippen molar-refractivity contribution >= 4 is 17.7 Å². The first kappa shape index (κ1) is 24.9. The number of aliphatic hydroxyl groups excluding tert-OH is 1. The molecule has 0 aliphatic carbocycles. The van der Waals surface area contributed by atoms with Crippen LogP contribution < -0.4 is 9.47 Å². The number of nitrogens with zero attached hydrogens (tertiary/aromatic N) is 1. The highest BCUT2D eigenvalue weighted by molar-refractivity contribution is 8.00. The van der Waals surface area contributed by atoms with E-state index in [0.29, 0.717) is 18.8 Å². The van der Waals surface area contributed by atoms with Gasteiger partial charge in [-0.05, 0) is 48.4 Å². The highest BCUT2D eigenvalue weighted by Gasteiger charge is 2.31. The topological polar surface area (TPSA) is 59.0 Å². The molecule has 1 heterocycles. The van der Waals surface area contributed by atoms with E-state index in [1.807, 2.05) is 13.8 Å². The molecule has 0 spiro atoms. The average Bonchev–Trinajstić information content (AvgIpc) is 3.23. The number of carbonyl (C=O) groups is 1. The molecule has 1 saturated heterocycles. The Kier molecular flexibility index (Phi) is 9.51. The molecule has 1 fully saturated rings. The number of rotatable bonds is 7. The Morgan fingerprint density at radius 3 is 2.29 bits per heavy atom. The molecule has 1 aliphatic rings. The largest absolute Gasteiger partial charge is 0.573 e. The van der Waals surface area contributed by atoms with Crippen molar-refractivity contribution in [3.63, 3.8) is 0 Å². The Labute approximate surface area is 184 Å². The van der Waals surface area contributed by atoms with Crippen LogP contribution in [0.15, 0.2) is 53.4 Å². The highest BCUT2D eigenvalue weighted by Crippen LogP contribution is 2.32. The van der Waals surface area contributed by atoms with Crippen LogP contribution in [0.1, 0.15) is 25.8 Å². The summed E-state index contributed by atoms with van der Waals surface area (Å²) in [5.74, 6) is 0.185.